The summed E-state index contributed by atoms with van der Waals surface area (Å²) in [7, 11) is 1.94. The first kappa shape index (κ1) is 17.1. The van der Waals surface area contributed by atoms with E-state index in [0.717, 1.165) is 26.0 Å². The Morgan fingerprint density at radius 1 is 1.40 bits per heavy atom. The van der Waals surface area contributed by atoms with E-state index in [1.54, 1.807) is 6.20 Å². The molecule has 0 fully saturated rings. The van der Waals surface area contributed by atoms with Crippen LogP contribution in [0, 0.1) is 0 Å². The van der Waals surface area contributed by atoms with Crippen molar-refractivity contribution >= 4 is 0 Å². The molecule has 0 amide bonds. The second kappa shape index (κ2) is 10.8. The van der Waals surface area contributed by atoms with Gasteiger partial charge in [0.2, 0.25) is 0 Å². The molecule has 0 aliphatic rings. The molecule has 0 spiro atoms. The van der Waals surface area contributed by atoms with E-state index in [0.29, 0.717) is 13.2 Å². The molecular weight excluding hydrogens is 254 g/mol. The van der Waals surface area contributed by atoms with Crippen LogP contribution in [-0.2, 0) is 18.2 Å². The maximum absolute atomic E-state index is 9.76. The summed E-state index contributed by atoms with van der Waals surface area (Å²) in [5.41, 5.74) is 1.19. The number of nitrogens with one attached hydrogen (secondary N) is 1. The monoisotopic (exact) mass is 283 g/mol. The molecular formula is C15H29N3O2. The Morgan fingerprint density at radius 3 is 2.95 bits per heavy atom. The molecule has 2 N–H and O–H groups in total. The first-order valence-electron chi connectivity index (χ1n) is 7.67. The minimum atomic E-state index is -0.423. The van der Waals surface area contributed by atoms with Gasteiger partial charge in [0.05, 0.1) is 12.7 Å². The predicted octanol–water partition coefficient (Wildman–Crippen LogP) is 1.51. The average molecular weight is 283 g/mol. The molecule has 5 heteroatoms. The number of aliphatic hydroxyl groups is 1. The van der Waals surface area contributed by atoms with Crippen LogP contribution in [0.2, 0.25) is 0 Å². The Labute approximate surface area is 122 Å². The lowest BCUT2D eigenvalue weighted by molar-refractivity contribution is 0.0356. The van der Waals surface area contributed by atoms with E-state index < -0.39 is 6.10 Å². The van der Waals surface area contributed by atoms with Gasteiger partial charge in [-0.2, -0.15) is 5.10 Å². The third kappa shape index (κ3) is 7.62. The molecule has 116 valence electrons. The van der Waals surface area contributed by atoms with E-state index in [9.17, 15) is 5.11 Å². The second-order valence-electron chi connectivity index (χ2n) is 5.19. The number of aromatic nitrogens is 2. The van der Waals surface area contributed by atoms with Gasteiger partial charge in [0.15, 0.2) is 0 Å². The highest BCUT2D eigenvalue weighted by atomic mass is 16.5. The Bertz CT molecular complexity index is 342. The molecule has 0 saturated heterocycles. The van der Waals surface area contributed by atoms with Crippen molar-refractivity contribution in [1.29, 1.82) is 0 Å². The van der Waals surface area contributed by atoms with Crippen LogP contribution >= 0.6 is 0 Å². The standard InChI is InChI=1S/C15H29N3O2/c1-3-4-5-6-11-20-13-15(19)12-16-9-7-14-8-10-17-18(14)2/h8,10,15-16,19H,3-7,9,11-13H2,1-2H3. The Kier molecular flexibility index (Phi) is 9.28. The molecule has 5 nitrogen and oxygen atoms in total. The van der Waals surface area contributed by atoms with Crippen molar-refractivity contribution in [2.24, 2.45) is 7.05 Å². The Balaban J connectivity index is 1.92. The van der Waals surface area contributed by atoms with E-state index in [1.807, 2.05) is 17.8 Å². The SMILES string of the molecule is CCCCCCOCC(O)CNCCc1ccnn1C. The fourth-order valence-corrected chi connectivity index (χ4v) is 2.04. The van der Waals surface area contributed by atoms with Gasteiger partial charge >= 0.3 is 0 Å². The van der Waals surface area contributed by atoms with Gasteiger partial charge in [-0.1, -0.05) is 26.2 Å². The molecule has 1 unspecified atom stereocenters. The van der Waals surface area contributed by atoms with Gasteiger partial charge in [0, 0.05) is 45.1 Å². The van der Waals surface area contributed by atoms with Crippen LogP contribution in [0.25, 0.3) is 0 Å². The van der Waals surface area contributed by atoms with E-state index in [-0.39, 0.29) is 0 Å². The molecule has 0 radical (unpaired) electrons. The van der Waals surface area contributed by atoms with Crippen molar-refractivity contribution in [3.05, 3.63) is 18.0 Å². The molecule has 1 heterocycles. The lowest BCUT2D eigenvalue weighted by Gasteiger charge is -2.12. The molecule has 0 aromatic carbocycles. The van der Waals surface area contributed by atoms with Crippen LogP contribution in [0.15, 0.2) is 12.3 Å². The van der Waals surface area contributed by atoms with Crippen LogP contribution in [0.5, 0.6) is 0 Å². The molecule has 20 heavy (non-hydrogen) atoms. The third-order valence-electron chi connectivity index (χ3n) is 3.31. The summed E-state index contributed by atoms with van der Waals surface area (Å²) < 4.78 is 7.33. The van der Waals surface area contributed by atoms with E-state index in [2.05, 4.69) is 17.3 Å². The number of nitrogens with zero attached hydrogens (tertiary/aromatic N) is 2. The van der Waals surface area contributed by atoms with Crippen LogP contribution in [0.4, 0.5) is 0 Å². The smallest absolute Gasteiger partial charge is 0.0897 e. The van der Waals surface area contributed by atoms with Crippen LogP contribution < -0.4 is 5.32 Å². The van der Waals surface area contributed by atoms with Crippen molar-refractivity contribution in [1.82, 2.24) is 15.1 Å². The number of rotatable bonds is 12. The van der Waals surface area contributed by atoms with Crippen LogP contribution in [-0.4, -0.2) is 47.3 Å². The summed E-state index contributed by atoms with van der Waals surface area (Å²) in [5, 5.41) is 17.1. The van der Waals surface area contributed by atoms with Gasteiger partial charge in [-0.25, -0.2) is 0 Å². The zero-order valence-corrected chi connectivity index (χ0v) is 12.8. The second-order valence-corrected chi connectivity index (χ2v) is 5.19. The zero-order valence-electron chi connectivity index (χ0n) is 12.8. The zero-order chi connectivity index (χ0) is 14.6. The molecule has 0 saturated carbocycles. The summed E-state index contributed by atoms with van der Waals surface area (Å²) in [5.74, 6) is 0. The number of aliphatic hydroxyl groups excluding tert-OH is 1. The predicted molar refractivity (Wildman–Crippen MR) is 80.7 cm³/mol. The minimum absolute atomic E-state index is 0.421. The van der Waals surface area contributed by atoms with Gasteiger partial charge in [0.25, 0.3) is 0 Å². The third-order valence-corrected chi connectivity index (χ3v) is 3.31. The maximum Gasteiger partial charge on any atom is 0.0897 e. The molecule has 1 atom stereocenters. The maximum atomic E-state index is 9.76. The molecule has 1 aromatic heterocycles. The van der Waals surface area contributed by atoms with Gasteiger partial charge in [-0.05, 0) is 12.5 Å². The van der Waals surface area contributed by atoms with Gasteiger partial charge in [-0.3, -0.25) is 4.68 Å². The highest BCUT2D eigenvalue weighted by Gasteiger charge is 2.04. The number of hydrogen-bond donors (Lipinski definition) is 2. The number of aryl methyl sites for hydroxylation is 1. The highest BCUT2D eigenvalue weighted by Crippen LogP contribution is 1.99. The quantitative estimate of drug-likeness (QED) is 0.571. The summed E-state index contributed by atoms with van der Waals surface area (Å²) in [4.78, 5) is 0. The Morgan fingerprint density at radius 2 is 2.25 bits per heavy atom. The van der Waals surface area contributed by atoms with E-state index in [1.165, 1.54) is 25.0 Å². The Hall–Kier alpha value is -0.910. The molecule has 0 aliphatic carbocycles. The average Bonchev–Trinajstić information content (AvgIpc) is 2.84. The van der Waals surface area contributed by atoms with Gasteiger partial charge in [-0.15, -0.1) is 0 Å². The lowest BCUT2D eigenvalue weighted by atomic mass is 10.2. The topological polar surface area (TPSA) is 59.3 Å². The van der Waals surface area contributed by atoms with Crippen molar-refractivity contribution in [2.75, 3.05) is 26.3 Å². The highest BCUT2D eigenvalue weighted by molar-refractivity contribution is 5.00. The summed E-state index contributed by atoms with van der Waals surface area (Å²) >= 11 is 0. The van der Waals surface area contributed by atoms with E-state index in [4.69, 9.17) is 4.74 Å². The van der Waals surface area contributed by atoms with Crippen molar-refractivity contribution in [3.63, 3.8) is 0 Å². The summed E-state index contributed by atoms with van der Waals surface area (Å²) in [6.45, 7) is 4.79. The van der Waals surface area contributed by atoms with Crippen molar-refractivity contribution < 1.29 is 9.84 Å². The molecule has 1 rings (SSSR count). The largest absolute Gasteiger partial charge is 0.389 e. The van der Waals surface area contributed by atoms with Gasteiger partial charge < -0.3 is 15.2 Å². The molecule has 0 bridgehead atoms. The molecule has 0 aliphatic heterocycles. The first-order chi connectivity index (χ1) is 9.74. The van der Waals surface area contributed by atoms with Crippen molar-refractivity contribution in [3.8, 4) is 0 Å². The normalized spacial score (nSPS) is 12.8. The van der Waals surface area contributed by atoms with Crippen LogP contribution in [0.3, 0.4) is 0 Å². The van der Waals surface area contributed by atoms with Crippen molar-refractivity contribution in [2.45, 2.75) is 45.1 Å². The lowest BCUT2D eigenvalue weighted by Crippen LogP contribution is -2.32. The molecule has 1 aromatic rings. The fraction of sp³-hybridized carbons (Fsp3) is 0.800. The summed E-state index contributed by atoms with van der Waals surface area (Å²) in [6, 6.07) is 2.01. The number of unbranched alkanes of at least 4 members (excludes halogenated alkanes) is 3. The van der Waals surface area contributed by atoms with Gasteiger partial charge in [0.1, 0.15) is 0 Å². The van der Waals surface area contributed by atoms with E-state index >= 15 is 0 Å². The summed E-state index contributed by atoms with van der Waals surface area (Å²) in [6.07, 6.45) is 7.11. The fourth-order valence-electron chi connectivity index (χ4n) is 2.04. The first-order valence-corrected chi connectivity index (χ1v) is 7.67. The minimum Gasteiger partial charge on any atom is -0.389 e. The number of ether oxygens (including phenoxy) is 1. The number of hydrogen-bond acceptors (Lipinski definition) is 4. The van der Waals surface area contributed by atoms with Crippen LogP contribution in [0.1, 0.15) is 38.3 Å².